The van der Waals surface area contributed by atoms with Crippen LogP contribution in [0, 0.1) is 18.8 Å². The SMILES string of the molecule is Cc1ccc(-c2ccc(=O)n(CC(=O)N[C@@H]3CCC[C@H](C)[C@@H]3C)n2)cc1. The van der Waals surface area contributed by atoms with Crippen LogP contribution in [0.5, 0.6) is 0 Å². The summed E-state index contributed by atoms with van der Waals surface area (Å²) in [6.07, 6.45) is 3.35. The first-order valence-corrected chi connectivity index (χ1v) is 9.38. The molecule has 138 valence electrons. The van der Waals surface area contributed by atoms with Crippen molar-refractivity contribution in [2.75, 3.05) is 0 Å². The fraction of sp³-hybridized carbons (Fsp3) is 0.476. The molecule has 1 heterocycles. The zero-order valence-electron chi connectivity index (χ0n) is 15.7. The van der Waals surface area contributed by atoms with Gasteiger partial charge in [0.25, 0.3) is 5.56 Å². The maximum atomic E-state index is 12.5. The predicted octanol–water partition coefficient (Wildman–Crippen LogP) is 3.16. The Hall–Kier alpha value is -2.43. The van der Waals surface area contributed by atoms with Crippen LogP contribution in [0.4, 0.5) is 0 Å². The average molecular weight is 353 g/mol. The number of benzene rings is 1. The molecule has 1 fully saturated rings. The van der Waals surface area contributed by atoms with Gasteiger partial charge in [0.2, 0.25) is 5.91 Å². The van der Waals surface area contributed by atoms with Crippen molar-refractivity contribution in [1.29, 1.82) is 0 Å². The molecule has 1 N–H and O–H groups in total. The molecule has 0 bridgehead atoms. The molecule has 0 aliphatic heterocycles. The first-order valence-electron chi connectivity index (χ1n) is 9.38. The van der Waals surface area contributed by atoms with Gasteiger partial charge in [-0.3, -0.25) is 9.59 Å². The zero-order chi connectivity index (χ0) is 18.7. The Morgan fingerprint density at radius 1 is 1.15 bits per heavy atom. The van der Waals surface area contributed by atoms with Crippen molar-refractivity contribution in [1.82, 2.24) is 15.1 Å². The minimum absolute atomic E-state index is 0.0455. The molecule has 1 aromatic heterocycles. The number of aryl methyl sites for hydroxylation is 1. The van der Waals surface area contributed by atoms with E-state index in [-0.39, 0.29) is 24.1 Å². The fourth-order valence-corrected chi connectivity index (χ4v) is 3.61. The Morgan fingerprint density at radius 3 is 2.62 bits per heavy atom. The van der Waals surface area contributed by atoms with Crippen LogP contribution >= 0.6 is 0 Å². The Balaban J connectivity index is 1.72. The fourth-order valence-electron chi connectivity index (χ4n) is 3.61. The summed E-state index contributed by atoms with van der Waals surface area (Å²) in [5, 5.41) is 7.49. The third-order valence-electron chi connectivity index (χ3n) is 5.56. The second-order valence-corrected chi connectivity index (χ2v) is 7.52. The molecule has 0 spiro atoms. The molecular formula is C21H27N3O2. The van der Waals surface area contributed by atoms with Crippen LogP contribution in [0.3, 0.4) is 0 Å². The minimum Gasteiger partial charge on any atom is -0.351 e. The van der Waals surface area contributed by atoms with Crippen molar-refractivity contribution in [2.45, 2.75) is 52.6 Å². The summed E-state index contributed by atoms with van der Waals surface area (Å²) >= 11 is 0. The van der Waals surface area contributed by atoms with Crippen LogP contribution in [-0.2, 0) is 11.3 Å². The lowest BCUT2D eigenvalue weighted by atomic mass is 9.78. The summed E-state index contributed by atoms with van der Waals surface area (Å²) in [4.78, 5) is 24.6. The van der Waals surface area contributed by atoms with Crippen LogP contribution < -0.4 is 10.9 Å². The van der Waals surface area contributed by atoms with Crippen molar-refractivity contribution in [3.05, 3.63) is 52.3 Å². The van der Waals surface area contributed by atoms with Gasteiger partial charge in [0.15, 0.2) is 0 Å². The highest BCUT2D eigenvalue weighted by Crippen LogP contribution is 2.29. The number of hydrogen-bond donors (Lipinski definition) is 1. The number of carbonyl (C=O) groups excluding carboxylic acids is 1. The average Bonchev–Trinajstić information content (AvgIpc) is 2.62. The molecule has 0 radical (unpaired) electrons. The number of amides is 1. The van der Waals surface area contributed by atoms with Crippen LogP contribution in [0.25, 0.3) is 11.3 Å². The van der Waals surface area contributed by atoms with Crippen LogP contribution in [0.15, 0.2) is 41.2 Å². The number of rotatable bonds is 4. The molecule has 2 aromatic rings. The number of nitrogens with zero attached hydrogens (tertiary/aromatic N) is 2. The molecule has 0 unspecified atom stereocenters. The Morgan fingerprint density at radius 2 is 1.88 bits per heavy atom. The molecule has 26 heavy (non-hydrogen) atoms. The largest absolute Gasteiger partial charge is 0.351 e. The van der Waals surface area contributed by atoms with Gasteiger partial charge in [-0.05, 0) is 31.2 Å². The van der Waals surface area contributed by atoms with Gasteiger partial charge in [0, 0.05) is 17.7 Å². The zero-order valence-corrected chi connectivity index (χ0v) is 15.7. The van der Waals surface area contributed by atoms with Crippen molar-refractivity contribution < 1.29 is 4.79 Å². The molecular weight excluding hydrogens is 326 g/mol. The summed E-state index contributed by atoms with van der Waals surface area (Å²) in [6, 6.07) is 11.3. The number of nitrogens with one attached hydrogen (secondary N) is 1. The highest BCUT2D eigenvalue weighted by atomic mass is 16.2. The molecule has 0 saturated heterocycles. The highest BCUT2D eigenvalue weighted by molar-refractivity contribution is 5.76. The van der Waals surface area contributed by atoms with Crippen molar-refractivity contribution in [3.8, 4) is 11.3 Å². The van der Waals surface area contributed by atoms with E-state index in [1.807, 2.05) is 31.2 Å². The van der Waals surface area contributed by atoms with Crippen molar-refractivity contribution in [3.63, 3.8) is 0 Å². The van der Waals surface area contributed by atoms with Crippen LogP contribution in [-0.4, -0.2) is 21.7 Å². The van der Waals surface area contributed by atoms with Crippen molar-refractivity contribution in [2.24, 2.45) is 11.8 Å². The van der Waals surface area contributed by atoms with Crippen molar-refractivity contribution >= 4 is 5.91 Å². The summed E-state index contributed by atoms with van der Waals surface area (Å²) < 4.78 is 1.25. The summed E-state index contributed by atoms with van der Waals surface area (Å²) in [5.74, 6) is 0.919. The molecule has 3 rings (SSSR count). The van der Waals surface area contributed by atoms with E-state index in [1.54, 1.807) is 6.07 Å². The summed E-state index contributed by atoms with van der Waals surface area (Å²) in [5.41, 5.74) is 2.52. The van der Waals surface area contributed by atoms with E-state index in [0.29, 0.717) is 17.5 Å². The minimum atomic E-state index is -0.263. The molecule has 3 atom stereocenters. The van der Waals surface area contributed by atoms with Gasteiger partial charge in [-0.1, -0.05) is 56.5 Å². The normalized spacial score (nSPS) is 22.8. The van der Waals surface area contributed by atoms with E-state index in [2.05, 4.69) is 24.3 Å². The van der Waals surface area contributed by atoms with Gasteiger partial charge in [0.05, 0.1) is 5.69 Å². The first-order chi connectivity index (χ1) is 12.4. The maximum absolute atomic E-state index is 12.5. The molecule has 1 aliphatic carbocycles. The quantitative estimate of drug-likeness (QED) is 0.918. The van der Waals surface area contributed by atoms with Crippen LogP contribution in [0.2, 0.25) is 0 Å². The first kappa shape index (κ1) is 18.4. The van der Waals surface area contributed by atoms with Gasteiger partial charge in [-0.15, -0.1) is 0 Å². The number of aromatic nitrogens is 2. The molecule has 5 nitrogen and oxygen atoms in total. The second-order valence-electron chi connectivity index (χ2n) is 7.52. The second kappa shape index (κ2) is 7.85. The van der Waals surface area contributed by atoms with E-state index < -0.39 is 0 Å². The molecule has 1 saturated carbocycles. The van der Waals surface area contributed by atoms with Gasteiger partial charge >= 0.3 is 0 Å². The van der Waals surface area contributed by atoms with E-state index >= 15 is 0 Å². The van der Waals surface area contributed by atoms with Gasteiger partial charge in [-0.2, -0.15) is 5.10 Å². The third kappa shape index (κ3) is 4.21. The Labute approximate surface area is 154 Å². The lowest BCUT2D eigenvalue weighted by Gasteiger charge is -2.34. The number of carbonyl (C=O) groups is 1. The van der Waals surface area contributed by atoms with Gasteiger partial charge in [0.1, 0.15) is 6.54 Å². The van der Waals surface area contributed by atoms with E-state index in [0.717, 1.165) is 24.0 Å². The molecule has 1 aliphatic rings. The van der Waals surface area contributed by atoms with Gasteiger partial charge < -0.3 is 5.32 Å². The Kier molecular flexibility index (Phi) is 5.55. The van der Waals surface area contributed by atoms with E-state index in [9.17, 15) is 9.59 Å². The topological polar surface area (TPSA) is 64.0 Å². The lowest BCUT2D eigenvalue weighted by Crippen LogP contribution is -2.45. The maximum Gasteiger partial charge on any atom is 0.267 e. The molecule has 1 amide bonds. The smallest absolute Gasteiger partial charge is 0.267 e. The van der Waals surface area contributed by atoms with Crippen LogP contribution in [0.1, 0.15) is 38.7 Å². The highest BCUT2D eigenvalue weighted by Gasteiger charge is 2.28. The van der Waals surface area contributed by atoms with E-state index in [4.69, 9.17) is 0 Å². The predicted molar refractivity (Wildman–Crippen MR) is 103 cm³/mol. The van der Waals surface area contributed by atoms with Gasteiger partial charge in [-0.25, -0.2) is 4.68 Å². The Bertz CT molecular complexity index is 826. The van der Waals surface area contributed by atoms with E-state index in [1.165, 1.54) is 17.2 Å². The summed E-state index contributed by atoms with van der Waals surface area (Å²) in [7, 11) is 0. The lowest BCUT2D eigenvalue weighted by molar-refractivity contribution is -0.123. The summed E-state index contributed by atoms with van der Waals surface area (Å²) in [6.45, 7) is 6.41. The molecule has 1 aromatic carbocycles. The standard InChI is InChI=1S/C21H27N3O2/c1-14-7-9-17(10-8-14)19-11-12-21(26)24(23-19)13-20(25)22-18-6-4-5-15(2)16(18)3/h7-12,15-16,18H,4-6,13H2,1-3H3,(H,22,25)/t15-,16-,18+/m0/s1. The molecule has 5 heteroatoms. The number of hydrogen-bond acceptors (Lipinski definition) is 3. The monoisotopic (exact) mass is 353 g/mol. The third-order valence-corrected chi connectivity index (χ3v) is 5.56.